The number of aliphatic carboxylic acids is 1. The lowest BCUT2D eigenvalue weighted by Crippen LogP contribution is -2.28. The summed E-state index contributed by atoms with van der Waals surface area (Å²) in [5.74, 6) is -1.07. The SMILES string of the molecule is CC1(CNC(=O)c2ccc(/C=C/C(=O)O)s2)CC1. The van der Waals surface area contributed by atoms with Crippen LogP contribution in [0.1, 0.15) is 34.3 Å². The van der Waals surface area contributed by atoms with Crippen molar-refractivity contribution in [3.63, 3.8) is 0 Å². The quantitative estimate of drug-likeness (QED) is 0.803. The molecule has 0 bridgehead atoms. The third kappa shape index (κ3) is 3.43. The van der Waals surface area contributed by atoms with Crippen molar-refractivity contribution in [3.8, 4) is 0 Å². The zero-order chi connectivity index (χ0) is 13.2. The second-order valence-electron chi connectivity index (χ2n) is 4.87. The van der Waals surface area contributed by atoms with Crippen molar-refractivity contribution in [1.82, 2.24) is 5.32 Å². The lowest BCUT2D eigenvalue weighted by molar-refractivity contribution is -0.131. The van der Waals surface area contributed by atoms with Crippen molar-refractivity contribution < 1.29 is 14.7 Å². The van der Waals surface area contributed by atoms with Crippen molar-refractivity contribution in [3.05, 3.63) is 28.0 Å². The highest BCUT2D eigenvalue weighted by Crippen LogP contribution is 2.44. The number of carbonyl (C=O) groups excluding carboxylic acids is 1. The molecule has 1 heterocycles. The molecule has 2 rings (SSSR count). The Bertz CT molecular complexity index is 500. The second-order valence-corrected chi connectivity index (χ2v) is 5.98. The third-order valence-corrected chi connectivity index (χ3v) is 4.07. The topological polar surface area (TPSA) is 66.4 Å². The van der Waals surface area contributed by atoms with Gasteiger partial charge in [-0.25, -0.2) is 4.79 Å². The Morgan fingerprint density at radius 1 is 1.50 bits per heavy atom. The van der Waals surface area contributed by atoms with Crippen molar-refractivity contribution in [2.45, 2.75) is 19.8 Å². The van der Waals surface area contributed by atoms with Crippen molar-refractivity contribution >= 4 is 29.3 Å². The molecule has 0 radical (unpaired) electrons. The molecule has 0 saturated heterocycles. The molecule has 1 aromatic heterocycles. The van der Waals surface area contributed by atoms with Crippen LogP contribution in [0.3, 0.4) is 0 Å². The molecule has 0 unspecified atom stereocenters. The van der Waals surface area contributed by atoms with E-state index in [0.717, 1.165) is 11.0 Å². The van der Waals surface area contributed by atoms with E-state index in [0.29, 0.717) is 16.8 Å². The van der Waals surface area contributed by atoms with Crippen molar-refractivity contribution in [1.29, 1.82) is 0 Å². The van der Waals surface area contributed by atoms with E-state index in [9.17, 15) is 9.59 Å². The average Bonchev–Trinajstić information content (AvgIpc) is 2.89. The van der Waals surface area contributed by atoms with Crippen LogP contribution in [0.15, 0.2) is 18.2 Å². The van der Waals surface area contributed by atoms with Gasteiger partial charge in [0.15, 0.2) is 0 Å². The van der Waals surface area contributed by atoms with Gasteiger partial charge in [0.1, 0.15) is 0 Å². The first-order valence-corrected chi connectivity index (χ1v) is 6.59. The highest BCUT2D eigenvalue weighted by Gasteiger charge is 2.37. The summed E-state index contributed by atoms with van der Waals surface area (Å²) in [6.07, 6.45) is 4.90. The fourth-order valence-corrected chi connectivity index (χ4v) is 2.32. The molecule has 0 aliphatic heterocycles. The third-order valence-electron chi connectivity index (χ3n) is 3.02. The van der Waals surface area contributed by atoms with E-state index < -0.39 is 5.97 Å². The normalized spacial score (nSPS) is 16.7. The van der Waals surface area contributed by atoms with Crippen molar-refractivity contribution in [2.75, 3.05) is 6.54 Å². The molecule has 1 aliphatic carbocycles. The van der Waals surface area contributed by atoms with Gasteiger partial charge in [-0.1, -0.05) is 6.92 Å². The predicted octanol–water partition coefficient (Wildman–Crippen LogP) is 2.38. The van der Waals surface area contributed by atoms with Gasteiger partial charge in [0.2, 0.25) is 0 Å². The summed E-state index contributed by atoms with van der Waals surface area (Å²) in [6, 6.07) is 3.47. The molecular formula is C13H15NO3S. The van der Waals surface area contributed by atoms with Crippen LogP contribution in [0.2, 0.25) is 0 Å². The van der Waals surface area contributed by atoms with Gasteiger partial charge in [0, 0.05) is 17.5 Å². The van der Waals surface area contributed by atoms with Gasteiger partial charge in [0.05, 0.1) is 4.88 Å². The molecule has 1 amide bonds. The zero-order valence-electron chi connectivity index (χ0n) is 10.1. The average molecular weight is 265 g/mol. The van der Waals surface area contributed by atoms with Crippen LogP contribution in [0.25, 0.3) is 6.08 Å². The Hall–Kier alpha value is -1.62. The molecule has 1 saturated carbocycles. The minimum absolute atomic E-state index is 0.0805. The molecular weight excluding hydrogens is 250 g/mol. The van der Waals surface area contributed by atoms with E-state index in [2.05, 4.69) is 12.2 Å². The number of carboxylic acids is 1. The zero-order valence-corrected chi connectivity index (χ0v) is 10.9. The van der Waals surface area contributed by atoms with E-state index >= 15 is 0 Å². The minimum atomic E-state index is -0.990. The maximum atomic E-state index is 11.8. The van der Waals surface area contributed by atoms with Crippen LogP contribution in [0, 0.1) is 5.41 Å². The van der Waals surface area contributed by atoms with Crippen LogP contribution in [0.4, 0.5) is 0 Å². The molecule has 0 atom stereocenters. The van der Waals surface area contributed by atoms with Gasteiger partial charge in [-0.15, -0.1) is 11.3 Å². The molecule has 0 spiro atoms. The fourth-order valence-electron chi connectivity index (χ4n) is 1.49. The number of carbonyl (C=O) groups is 2. The summed E-state index contributed by atoms with van der Waals surface area (Å²) in [5, 5.41) is 11.4. The Balaban J connectivity index is 1.92. The van der Waals surface area contributed by atoms with E-state index in [1.165, 1.54) is 30.3 Å². The summed E-state index contributed by atoms with van der Waals surface area (Å²) >= 11 is 1.29. The molecule has 1 aliphatic rings. The Morgan fingerprint density at radius 2 is 2.22 bits per heavy atom. The van der Waals surface area contributed by atoms with Crippen LogP contribution < -0.4 is 5.32 Å². The standard InChI is InChI=1S/C13H15NO3S/c1-13(6-7-13)8-14-12(17)10-4-2-9(18-10)3-5-11(15)16/h2-5H,6-8H2,1H3,(H,14,17)(H,15,16)/b5-3+. The number of thiophene rings is 1. The number of amides is 1. The second kappa shape index (κ2) is 4.94. The molecule has 96 valence electrons. The maximum absolute atomic E-state index is 11.8. The van der Waals surface area contributed by atoms with Gasteiger partial charge < -0.3 is 10.4 Å². The monoisotopic (exact) mass is 265 g/mol. The van der Waals surface area contributed by atoms with Gasteiger partial charge >= 0.3 is 5.97 Å². The summed E-state index contributed by atoms with van der Waals surface area (Å²) in [5.41, 5.74) is 0.291. The Labute approximate surface area is 109 Å². The lowest BCUT2D eigenvalue weighted by Gasteiger charge is -2.08. The van der Waals surface area contributed by atoms with Gasteiger partial charge in [-0.2, -0.15) is 0 Å². The van der Waals surface area contributed by atoms with Crippen LogP contribution in [0.5, 0.6) is 0 Å². The van der Waals surface area contributed by atoms with Crippen LogP contribution in [-0.4, -0.2) is 23.5 Å². The maximum Gasteiger partial charge on any atom is 0.328 e. The number of carboxylic acid groups (broad SMARTS) is 1. The van der Waals surface area contributed by atoms with E-state index in [1.54, 1.807) is 12.1 Å². The molecule has 4 nitrogen and oxygen atoms in total. The highest BCUT2D eigenvalue weighted by molar-refractivity contribution is 7.14. The highest BCUT2D eigenvalue weighted by atomic mass is 32.1. The molecule has 1 aromatic rings. The molecule has 2 N–H and O–H groups in total. The number of hydrogen-bond donors (Lipinski definition) is 2. The van der Waals surface area contributed by atoms with Gasteiger partial charge in [-0.3, -0.25) is 4.79 Å². The largest absolute Gasteiger partial charge is 0.478 e. The van der Waals surface area contributed by atoms with Crippen LogP contribution >= 0.6 is 11.3 Å². The molecule has 1 fully saturated rings. The van der Waals surface area contributed by atoms with Crippen molar-refractivity contribution in [2.24, 2.45) is 5.41 Å². The molecule has 18 heavy (non-hydrogen) atoms. The first-order chi connectivity index (χ1) is 8.48. The summed E-state index contributed by atoms with van der Waals surface area (Å²) in [7, 11) is 0. The smallest absolute Gasteiger partial charge is 0.328 e. The summed E-state index contributed by atoms with van der Waals surface area (Å²) in [6.45, 7) is 2.87. The predicted molar refractivity (Wildman–Crippen MR) is 70.7 cm³/mol. The molecule has 0 aromatic carbocycles. The minimum Gasteiger partial charge on any atom is -0.478 e. The Morgan fingerprint density at radius 3 is 2.83 bits per heavy atom. The van der Waals surface area contributed by atoms with E-state index in [-0.39, 0.29) is 5.91 Å². The Kier molecular flexibility index (Phi) is 3.52. The summed E-state index contributed by atoms with van der Waals surface area (Å²) < 4.78 is 0. The summed E-state index contributed by atoms with van der Waals surface area (Å²) in [4.78, 5) is 23.6. The number of hydrogen-bond acceptors (Lipinski definition) is 3. The van der Waals surface area contributed by atoms with E-state index in [1.807, 2.05) is 0 Å². The van der Waals surface area contributed by atoms with Crippen LogP contribution in [-0.2, 0) is 4.79 Å². The number of rotatable bonds is 5. The number of nitrogens with one attached hydrogen (secondary N) is 1. The van der Waals surface area contributed by atoms with E-state index in [4.69, 9.17) is 5.11 Å². The first kappa shape index (κ1) is 12.8. The molecule has 5 heteroatoms. The lowest BCUT2D eigenvalue weighted by atomic mass is 10.1. The fraction of sp³-hybridized carbons (Fsp3) is 0.385. The van der Waals surface area contributed by atoms with Gasteiger partial charge in [0.25, 0.3) is 5.91 Å². The first-order valence-electron chi connectivity index (χ1n) is 5.78. The van der Waals surface area contributed by atoms with Gasteiger partial charge in [-0.05, 0) is 36.5 Å².